The van der Waals surface area contributed by atoms with E-state index in [1.165, 1.54) is 0 Å². The first-order valence-electron chi connectivity index (χ1n) is 4.41. The standard InChI is InChI=1S/C11H7N3/c1-2-4-8-6-10-11(13-14-12-10)7-9(8)5-3-1/h1-7H. The molecule has 0 aliphatic carbocycles. The average molecular weight is 181 g/mol. The van der Waals surface area contributed by atoms with Crippen LogP contribution in [0.25, 0.3) is 21.8 Å². The minimum atomic E-state index is 0.851. The molecule has 0 aliphatic rings. The van der Waals surface area contributed by atoms with Crippen molar-refractivity contribution in [2.24, 2.45) is 0 Å². The Bertz CT molecular complexity index is 554. The van der Waals surface area contributed by atoms with Crippen LogP contribution in [0.4, 0.5) is 0 Å². The first-order chi connectivity index (χ1) is 6.93. The summed E-state index contributed by atoms with van der Waals surface area (Å²) in [6.07, 6.45) is 0. The zero-order valence-electron chi connectivity index (χ0n) is 7.38. The Morgan fingerprint density at radius 3 is 1.86 bits per heavy atom. The molecule has 1 heterocycles. The molecule has 0 amide bonds. The van der Waals surface area contributed by atoms with E-state index in [0.717, 1.165) is 21.8 Å². The lowest BCUT2D eigenvalue weighted by Gasteiger charge is -1.90. The van der Waals surface area contributed by atoms with Gasteiger partial charge in [0.1, 0.15) is 11.0 Å². The number of benzene rings is 1. The highest BCUT2D eigenvalue weighted by atomic mass is 15.3. The van der Waals surface area contributed by atoms with E-state index >= 15 is 0 Å². The quantitative estimate of drug-likeness (QED) is 0.533. The topological polar surface area (TPSA) is 38.7 Å². The molecule has 3 heteroatoms. The van der Waals surface area contributed by atoms with Gasteiger partial charge in [-0.3, -0.25) is 0 Å². The number of fused-ring (bicyclic) bond motifs is 2. The van der Waals surface area contributed by atoms with Crippen molar-refractivity contribution in [1.29, 1.82) is 0 Å². The molecule has 0 spiro atoms. The van der Waals surface area contributed by atoms with E-state index in [4.69, 9.17) is 0 Å². The predicted octanol–water partition coefficient (Wildman–Crippen LogP) is 2.18. The third-order valence-electron chi connectivity index (χ3n) is 2.26. The second-order valence-electron chi connectivity index (χ2n) is 3.17. The van der Waals surface area contributed by atoms with Gasteiger partial charge in [-0.15, -0.1) is 10.2 Å². The molecule has 0 saturated carbocycles. The molecule has 0 atom stereocenters. The maximum absolute atomic E-state index is 3.93. The molecule has 3 aromatic rings. The van der Waals surface area contributed by atoms with Gasteiger partial charge in [-0.1, -0.05) is 30.3 Å². The summed E-state index contributed by atoms with van der Waals surface area (Å²) in [5.74, 6) is 0. The Labute approximate surface area is 80.4 Å². The first kappa shape index (κ1) is 7.38. The lowest BCUT2D eigenvalue weighted by atomic mass is 10.1. The molecule has 0 N–H and O–H groups in total. The van der Waals surface area contributed by atoms with E-state index in [-0.39, 0.29) is 0 Å². The molecular weight excluding hydrogens is 174 g/mol. The largest absolute Gasteiger partial charge is 0.128 e. The minimum Gasteiger partial charge on any atom is -0.128 e. The molecule has 2 aromatic carbocycles. The summed E-state index contributed by atoms with van der Waals surface area (Å²) in [5.41, 5.74) is 1.70. The molecule has 0 saturated heterocycles. The summed E-state index contributed by atoms with van der Waals surface area (Å²) in [7, 11) is 0. The van der Waals surface area contributed by atoms with Crippen LogP contribution < -0.4 is 0 Å². The van der Waals surface area contributed by atoms with Crippen molar-refractivity contribution in [1.82, 2.24) is 15.4 Å². The Morgan fingerprint density at radius 1 is 0.714 bits per heavy atom. The summed E-state index contributed by atoms with van der Waals surface area (Å²) in [4.78, 5) is 0. The van der Waals surface area contributed by atoms with Gasteiger partial charge in [-0.05, 0) is 28.1 Å². The fourth-order valence-corrected chi connectivity index (χ4v) is 1.56. The van der Waals surface area contributed by atoms with Crippen LogP contribution in [0, 0.1) is 0 Å². The van der Waals surface area contributed by atoms with Crippen molar-refractivity contribution in [3.05, 3.63) is 42.5 Å². The van der Waals surface area contributed by atoms with Crippen LogP contribution in [0.2, 0.25) is 0 Å². The van der Waals surface area contributed by atoms with E-state index in [2.05, 4.69) is 27.5 Å². The Morgan fingerprint density at radius 2 is 1.29 bits per heavy atom. The van der Waals surface area contributed by atoms with Crippen LogP contribution in [0.3, 0.4) is 0 Å². The summed E-state index contributed by atoms with van der Waals surface area (Å²) in [6.45, 7) is 0. The maximum Gasteiger partial charge on any atom is 0.116 e. The number of aromatic nitrogens is 3. The Hall–Kier alpha value is -2.03. The van der Waals surface area contributed by atoms with Gasteiger partial charge in [0.05, 0.1) is 0 Å². The van der Waals surface area contributed by atoms with Gasteiger partial charge in [0.25, 0.3) is 0 Å². The molecular formula is C11H7N3. The van der Waals surface area contributed by atoms with Crippen molar-refractivity contribution in [2.45, 2.75) is 0 Å². The van der Waals surface area contributed by atoms with Crippen LogP contribution >= 0.6 is 0 Å². The molecule has 0 aliphatic heterocycles. The van der Waals surface area contributed by atoms with Crippen molar-refractivity contribution in [3.8, 4) is 0 Å². The first-order valence-corrected chi connectivity index (χ1v) is 4.41. The van der Waals surface area contributed by atoms with Crippen LogP contribution in [-0.2, 0) is 0 Å². The third-order valence-corrected chi connectivity index (χ3v) is 2.26. The second kappa shape index (κ2) is 2.73. The summed E-state index contributed by atoms with van der Waals surface area (Å²) < 4.78 is 0. The number of hydrogen-bond donors (Lipinski definition) is 0. The van der Waals surface area contributed by atoms with E-state index in [9.17, 15) is 0 Å². The number of nitrogens with zero attached hydrogens (tertiary/aromatic N) is 3. The normalized spacial score (nSPS) is 10.9. The summed E-state index contributed by atoms with van der Waals surface area (Å²) in [6, 6.07) is 14.2. The van der Waals surface area contributed by atoms with E-state index in [0.29, 0.717) is 0 Å². The summed E-state index contributed by atoms with van der Waals surface area (Å²) >= 11 is 0. The zero-order chi connectivity index (χ0) is 9.38. The second-order valence-corrected chi connectivity index (χ2v) is 3.17. The van der Waals surface area contributed by atoms with Crippen LogP contribution in [0.15, 0.2) is 42.5 Å². The molecule has 3 nitrogen and oxygen atoms in total. The minimum absolute atomic E-state index is 0.851. The maximum atomic E-state index is 3.93. The molecule has 0 unspecified atom stereocenters. The SMILES string of the molecule is c1ccc2cc3nnnc3cc2cc1. The lowest BCUT2D eigenvalue weighted by Crippen LogP contribution is -1.70. The monoisotopic (exact) mass is 181 g/mol. The average Bonchev–Trinajstić information content (AvgIpc) is 2.51. The van der Waals surface area contributed by atoms with Crippen LogP contribution in [0.1, 0.15) is 0 Å². The fourth-order valence-electron chi connectivity index (χ4n) is 1.56. The predicted molar refractivity (Wildman–Crippen MR) is 54.8 cm³/mol. The molecule has 14 heavy (non-hydrogen) atoms. The van der Waals surface area contributed by atoms with Crippen molar-refractivity contribution < 1.29 is 0 Å². The van der Waals surface area contributed by atoms with Crippen LogP contribution in [0.5, 0.6) is 0 Å². The van der Waals surface area contributed by atoms with E-state index in [1.807, 2.05) is 30.3 Å². The number of hydrogen-bond acceptors (Lipinski definition) is 3. The van der Waals surface area contributed by atoms with Gasteiger partial charge in [0.2, 0.25) is 0 Å². The van der Waals surface area contributed by atoms with Crippen molar-refractivity contribution in [2.75, 3.05) is 0 Å². The van der Waals surface area contributed by atoms with Gasteiger partial charge in [-0.25, -0.2) is 0 Å². The van der Waals surface area contributed by atoms with E-state index in [1.54, 1.807) is 0 Å². The fraction of sp³-hybridized carbons (Fsp3) is 0. The van der Waals surface area contributed by atoms with Crippen molar-refractivity contribution >= 4 is 21.8 Å². The highest BCUT2D eigenvalue weighted by Crippen LogP contribution is 2.18. The highest BCUT2D eigenvalue weighted by Gasteiger charge is 1.99. The van der Waals surface area contributed by atoms with Gasteiger partial charge < -0.3 is 0 Å². The zero-order valence-corrected chi connectivity index (χ0v) is 7.38. The van der Waals surface area contributed by atoms with Gasteiger partial charge >= 0.3 is 0 Å². The Balaban J connectivity index is 2.55. The van der Waals surface area contributed by atoms with Crippen LogP contribution in [-0.4, -0.2) is 15.4 Å². The van der Waals surface area contributed by atoms with Crippen molar-refractivity contribution in [3.63, 3.8) is 0 Å². The smallest absolute Gasteiger partial charge is 0.116 e. The molecule has 3 rings (SSSR count). The number of rotatable bonds is 0. The Kier molecular flexibility index (Phi) is 1.44. The molecule has 66 valence electrons. The van der Waals surface area contributed by atoms with E-state index < -0.39 is 0 Å². The third kappa shape index (κ3) is 1.03. The molecule has 0 radical (unpaired) electrons. The molecule has 0 bridgehead atoms. The lowest BCUT2D eigenvalue weighted by molar-refractivity contribution is 0.959. The molecule has 0 fully saturated rings. The van der Waals surface area contributed by atoms with Gasteiger partial charge in [0.15, 0.2) is 0 Å². The van der Waals surface area contributed by atoms with Gasteiger partial charge in [-0.2, -0.15) is 0 Å². The molecule has 1 aromatic heterocycles. The van der Waals surface area contributed by atoms with Gasteiger partial charge in [0, 0.05) is 0 Å². The highest BCUT2D eigenvalue weighted by molar-refractivity contribution is 5.94. The summed E-state index contributed by atoms with van der Waals surface area (Å²) in [5, 5.41) is 13.8.